The molecule has 6 heterocycles. The fourth-order valence-corrected chi connectivity index (χ4v) is 24.3. The third-order valence-corrected chi connectivity index (χ3v) is 31.8. The highest BCUT2D eigenvalue weighted by Crippen LogP contribution is 2.52. The molecular weight excluding hydrogens is 1920 g/mol. The van der Waals surface area contributed by atoms with E-state index in [2.05, 4.69) is 479 Å². The van der Waals surface area contributed by atoms with E-state index in [-0.39, 0.29) is 6.84 Å². The molecule has 0 spiro atoms. The third kappa shape index (κ3) is 17.2. The zero-order valence-electron chi connectivity index (χ0n) is 77.2. The molecule has 0 radical (unpaired) electrons. The number of hydrogen-bond acceptors (Lipinski definition) is 9. The van der Waals surface area contributed by atoms with Gasteiger partial charge in [0.25, 0.3) is 0 Å². The first-order valence-corrected chi connectivity index (χ1v) is 51.5. The Morgan fingerprint density at radius 2 is 0.627 bits per heavy atom. The molecule has 142 heavy (non-hydrogen) atoms. The summed E-state index contributed by atoms with van der Waals surface area (Å²) in [5.41, 5.74) is 31.6. The molecule has 0 atom stereocenters. The smallest absolute Gasteiger partial charge is 0.455 e. The van der Waals surface area contributed by atoms with Crippen LogP contribution in [-0.2, 0) is 5.41 Å². The standard InChI is InChI=1S/C51H38N2.C36H23NO2.C18H11BrS.C12H9BO2S.C12H7BrS.H2/c1-51(2)47-32-41(25-27-43(47)44-28-26-42(33-48(44)51)53-49-19-11-9-17-45(49)46-18-10-12-20-50(46)53)52-40-23-21-36(22-24-40)39-30-37(34-13-5-3-6-14-34)29-38(31-39)35-15-7-4-8-16-35;1-3-13-33-29(7-1)31-11-5-9-27(35(31)38-33)23-15-19-25(20-16-23)37-26-21-17-24(18-22-26)28-10-6-12-32-30-8-2-4-14-34(30)39-36(28)32;19-13-10-8-12(9-11-13)14-5-3-6-16-15-4-1-2-7-17(15)20-18(14)16;14-13(15)8-5-6-12-10(7-8)9-3-1-2-4-11(9)16-12;13-8-5-6-12-10(7-8)9-3-1-2-4-11(9)14-12;/h3-33,52H,1-2H3;1-22,37H;1-11H;1-7,14-15H;1-7H;1H. The van der Waals surface area contributed by atoms with Crippen molar-refractivity contribution in [3.63, 3.8) is 0 Å². The van der Waals surface area contributed by atoms with Crippen LogP contribution in [0.25, 0.3) is 210 Å². The minimum Gasteiger partial charge on any atom is -0.455 e. The number of nitrogens with zero attached hydrogens (tertiary/aromatic N) is 1. The Morgan fingerprint density at radius 3 is 1.15 bits per heavy atom. The van der Waals surface area contributed by atoms with Crippen LogP contribution in [0.3, 0.4) is 0 Å². The van der Waals surface area contributed by atoms with Gasteiger partial charge in [-0.3, -0.25) is 0 Å². The van der Waals surface area contributed by atoms with Gasteiger partial charge < -0.3 is 34.1 Å². The number of aromatic nitrogens is 1. The van der Waals surface area contributed by atoms with E-state index >= 15 is 0 Å². The number of anilines is 4. The molecule has 0 saturated carbocycles. The van der Waals surface area contributed by atoms with Crippen molar-refractivity contribution in [1.82, 2.24) is 4.57 Å². The molecule has 1 aliphatic rings. The zero-order chi connectivity index (χ0) is 95.5. The largest absolute Gasteiger partial charge is 0.488 e. The summed E-state index contributed by atoms with van der Waals surface area (Å²) >= 11 is 12.4. The van der Waals surface area contributed by atoms with Crippen molar-refractivity contribution in [3.8, 4) is 83.6 Å². The predicted octanol–water partition coefficient (Wildman–Crippen LogP) is 37.7. The van der Waals surface area contributed by atoms with Crippen LogP contribution in [0.4, 0.5) is 22.7 Å². The van der Waals surface area contributed by atoms with Crippen LogP contribution >= 0.6 is 65.9 Å². The van der Waals surface area contributed by atoms with Crippen molar-refractivity contribution < 1.29 is 20.3 Å². The molecule has 21 aromatic carbocycles. The van der Waals surface area contributed by atoms with Crippen molar-refractivity contribution >= 4 is 227 Å². The molecule has 1 aliphatic carbocycles. The average molecular weight is 2010 g/mol. The lowest BCUT2D eigenvalue weighted by atomic mass is 9.80. The molecule has 0 aliphatic heterocycles. The highest BCUT2D eigenvalue weighted by atomic mass is 79.9. The van der Waals surface area contributed by atoms with Crippen LogP contribution in [0.15, 0.2) is 491 Å². The normalized spacial score (nSPS) is 11.9. The molecule has 13 heteroatoms. The summed E-state index contributed by atoms with van der Waals surface area (Å²) in [7, 11) is -1.40. The second kappa shape index (κ2) is 38.1. The van der Waals surface area contributed by atoms with E-state index in [1.807, 2.05) is 71.2 Å². The number of rotatable bonds is 12. The highest BCUT2D eigenvalue weighted by molar-refractivity contribution is 9.10. The maximum absolute atomic E-state index is 9.15. The minimum absolute atomic E-state index is 0. The predicted molar refractivity (Wildman–Crippen MR) is 617 cm³/mol. The van der Waals surface area contributed by atoms with Gasteiger partial charge in [0, 0.05) is 143 Å². The number of nitrogens with one attached hydrogen (secondary N) is 2. The Kier molecular flexibility index (Phi) is 23.8. The van der Waals surface area contributed by atoms with Gasteiger partial charge in [0.1, 0.15) is 22.3 Å². The van der Waals surface area contributed by atoms with Gasteiger partial charge in [-0.1, -0.05) is 361 Å². The first-order chi connectivity index (χ1) is 69.7. The molecule has 0 fully saturated rings. The van der Waals surface area contributed by atoms with Crippen LogP contribution in [-0.4, -0.2) is 21.7 Å². The Labute approximate surface area is 851 Å². The maximum Gasteiger partial charge on any atom is 0.488 e. The maximum atomic E-state index is 9.15. The average Bonchev–Trinajstić information content (AvgIpc) is 1.56. The summed E-state index contributed by atoms with van der Waals surface area (Å²) in [6, 6.07) is 167. The van der Waals surface area contributed by atoms with E-state index in [1.165, 1.54) is 149 Å². The first kappa shape index (κ1) is 88.9. The van der Waals surface area contributed by atoms with Crippen LogP contribution in [0.1, 0.15) is 26.4 Å². The molecule has 6 aromatic heterocycles. The van der Waals surface area contributed by atoms with E-state index in [0.717, 1.165) is 103 Å². The third-order valence-electron chi connectivity index (χ3n) is 27.2. The second-order valence-electron chi connectivity index (χ2n) is 36.3. The molecule has 4 N–H and O–H groups in total. The molecule has 27 aromatic rings. The molecule has 28 rings (SSSR count). The lowest BCUT2D eigenvalue weighted by Crippen LogP contribution is -2.29. The Hall–Kier alpha value is -15.8. The van der Waals surface area contributed by atoms with Crippen molar-refractivity contribution in [2.75, 3.05) is 10.6 Å². The van der Waals surface area contributed by atoms with Crippen molar-refractivity contribution in [2.45, 2.75) is 19.3 Å². The molecule has 0 saturated heterocycles. The van der Waals surface area contributed by atoms with E-state index in [1.54, 1.807) is 17.4 Å². The van der Waals surface area contributed by atoms with Crippen molar-refractivity contribution in [2.24, 2.45) is 0 Å². The number of halogens is 2. The van der Waals surface area contributed by atoms with E-state index in [9.17, 15) is 0 Å². The van der Waals surface area contributed by atoms with Gasteiger partial charge >= 0.3 is 7.12 Å². The second-order valence-corrected chi connectivity index (χ2v) is 41.4. The Bertz CT molecular complexity index is 9200. The van der Waals surface area contributed by atoms with E-state index in [4.69, 9.17) is 18.9 Å². The van der Waals surface area contributed by atoms with Crippen molar-refractivity contribution in [3.05, 3.63) is 493 Å². The summed E-state index contributed by atoms with van der Waals surface area (Å²) in [6.07, 6.45) is 0. The highest BCUT2D eigenvalue weighted by Gasteiger charge is 2.36. The molecule has 0 unspecified atom stereocenters. The van der Waals surface area contributed by atoms with Gasteiger partial charge in [-0.25, -0.2) is 0 Å². The molecule has 680 valence electrons. The lowest BCUT2D eigenvalue weighted by molar-refractivity contribution is 0.426. The summed E-state index contributed by atoms with van der Waals surface area (Å²) in [5.74, 6) is 0. The SMILES string of the molecule is Brc1ccc(-c2cccc3c2sc2ccccc23)cc1.Brc1ccc2sc3ccccc3c2c1.CC1(C)c2cc(Nc3ccc(-c4cc(-c5ccccc5)cc(-c5ccccc5)c4)cc3)ccc2-c2ccc(-n3c4ccccc4c4ccccc43)cc21.OB(O)c1ccc2sc3ccccc3c2c1.[HH].c1ccc2c(c1)oc1c(-c3ccc(Nc4ccc(-c5cccc6c5oc5ccccc56)cc4)cc3)cccc12. The van der Waals surface area contributed by atoms with Crippen LogP contribution in [0.5, 0.6) is 0 Å². The number of thiophene rings is 3. The molecule has 0 bridgehead atoms. The molecular formula is C129H90BBr2N3O4S3. The summed E-state index contributed by atoms with van der Waals surface area (Å²) in [4.78, 5) is 0. The van der Waals surface area contributed by atoms with Gasteiger partial charge in [0.15, 0.2) is 0 Å². The first-order valence-electron chi connectivity index (χ1n) is 47.5. The van der Waals surface area contributed by atoms with Gasteiger partial charge in [0.2, 0.25) is 0 Å². The van der Waals surface area contributed by atoms with Gasteiger partial charge in [0.05, 0.1) is 11.0 Å². The fourth-order valence-electron chi connectivity index (χ4n) is 20.2. The number of fused-ring (bicyclic) bond motifs is 21. The summed E-state index contributed by atoms with van der Waals surface area (Å²) in [6.45, 7) is 4.72. The number of furan rings is 2. The van der Waals surface area contributed by atoms with Gasteiger partial charge in [-0.05, 0) is 246 Å². The lowest BCUT2D eigenvalue weighted by Gasteiger charge is -2.23. The van der Waals surface area contributed by atoms with E-state index < -0.39 is 7.12 Å². The Balaban J connectivity index is 0.000000109. The number of para-hydroxylation sites is 6. The zero-order valence-corrected chi connectivity index (χ0v) is 82.9. The molecule has 7 nitrogen and oxygen atoms in total. The fraction of sp³-hybridized carbons (Fsp3) is 0.0233. The van der Waals surface area contributed by atoms with Crippen molar-refractivity contribution in [1.29, 1.82) is 0 Å². The quantitative estimate of drug-likeness (QED) is 0.0911. The van der Waals surface area contributed by atoms with Crippen LogP contribution in [0.2, 0.25) is 0 Å². The summed E-state index contributed by atoms with van der Waals surface area (Å²) < 4.78 is 25.0. The van der Waals surface area contributed by atoms with E-state index in [0.29, 0.717) is 5.46 Å². The van der Waals surface area contributed by atoms with Crippen LogP contribution < -0.4 is 16.1 Å². The van der Waals surface area contributed by atoms with Gasteiger partial charge in [-0.2, -0.15) is 0 Å². The Morgan fingerprint density at radius 1 is 0.261 bits per heavy atom. The number of hydrogen-bond donors (Lipinski definition) is 4. The molecule has 0 amide bonds. The van der Waals surface area contributed by atoms with Gasteiger partial charge in [-0.15, -0.1) is 34.0 Å². The van der Waals surface area contributed by atoms with Crippen LogP contribution in [0, 0.1) is 0 Å². The number of benzene rings is 21. The summed E-state index contributed by atoms with van der Waals surface area (Å²) in [5, 5.41) is 40.4. The monoisotopic (exact) mass is 2010 g/mol. The minimum atomic E-state index is -1.40. The topological polar surface area (TPSA) is 95.7 Å².